The Labute approximate surface area is 180 Å². The molecule has 6 nitrogen and oxygen atoms in total. The number of hydrogen-bond acceptors (Lipinski definition) is 6. The first-order valence-corrected chi connectivity index (χ1v) is 10.9. The predicted molar refractivity (Wildman–Crippen MR) is 119 cm³/mol. The van der Waals surface area contributed by atoms with Crippen molar-refractivity contribution in [1.29, 1.82) is 0 Å². The minimum absolute atomic E-state index is 0.0173. The van der Waals surface area contributed by atoms with E-state index in [1.54, 1.807) is 0 Å². The van der Waals surface area contributed by atoms with Crippen LogP contribution in [-0.4, -0.2) is 62.7 Å². The summed E-state index contributed by atoms with van der Waals surface area (Å²) in [7, 11) is 1.36. The van der Waals surface area contributed by atoms with Gasteiger partial charge in [0, 0.05) is 12.6 Å². The second-order valence-corrected chi connectivity index (χ2v) is 7.71. The molecular weight excluding hydrogens is 381 g/mol. The van der Waals surface area contributed by atoms with Crippen molar-refractivity contribution in [3.8, 4) is 0 Å². The molecular formula is C23H34BNO5. The second-order valence-electron chi connectivity index (χ2n) is 7.71. The molecule has 0 aliphatic heterocycles. The maximum atomic E-state index is 12.6. The van der Waals surface area contributed by atoms with Crippen LogP contribution >= 0.6 is 0 Å². The van der Waals surface area contributed by atoms with Gasteiger partial charge in [0.2, 0.25) is 0 Å². The Balaban J connectivity index is 1.94. The summed E-state index contributed by atoms with van der Waals surface area (Å²) in [5.41, 5.74) is 1.05. The van der Waals surface area contributed by atoms with Crippen LogP contribution in [0.25, 0.3) is 6.08 Å². The Morgan fingerprint density at radius 1 is 1.17 bits per heavy atom. The number of carbonyl (C=O) groups is 2. The third-order valence-corrected chi connectivity index (χ3v) is 5.29. The molecule has 2 atom stereocenters. The molecule has 7 heteroatoms. The van der Waals surface area contributed by atoms with Crippen LogP contribution in [0, 0.1) is 0 Å². The highest BCUT2D eigenvalue weighted by atomic mass is 16.5. The predicted octanol–water partition coefficient (Wildman–Crippen LogP) is 3.62. The maximum Gasteiger partial charge on any atom is 0.384 e. The van der Waals surface area contributed by atoms with E-state index < -0.39 is 0 Å². The fraction of sp³-hybridized carbons (Fsp3) is 0.565. The van der Waals surface area contributed by atoms with Crippen LogP contribution in [0.5, 0.6) is 0 Å². The van der Waals surface area contributed by atoms with Gasteiger partial charge in [-0.25, -0.2) is 0 Å². The van der Waals surface area contributed by atoms with Crippen LogP contribution in [0.1, 0.15) is 44.6 Å². The normalized spacial score (nSPS) is 18.7. The Hall–Kier alpha value is -2.12. The summed E-state index contributed by atoms with van der Waals surface area (Å²) in [5.74, 6) is 1.13. The van der Waals surface area contributed by atoms with Gasteiger partial charge >= 0.3 is 18.9 Å². The molecule has 1 aromatic rings. The Bertz CT molecular complexity index is 681. The second kappa shape index (κ2) is 13.2. The first-order chi connectivity index (χ1) is 14.5. The van der Waals surface area contributed by atoms with Crippen LogP contribution in [0.15, 0.2) is 36.3 Å². The zero-order valence-corrected chi connectivity index (χ0v) is 18.4. The van der Waals surface area contributed by atoms with Gasteiger partial charge in [-0.15, -0.1) is 0 Å². The fourth-order valence-corrected chi connectivity index (χ4v) is 3.68. The molecule has 0 unspecified atom stereocenters. The molecule has 1 aliphatic rings. The third-order valence-electron chi connectivity index (χ3n) is 5.29. The quantitative estimate of drug-likeness (QED) is 0.295. The van der Waals surface area contributed by atoms with Gasteiger partial charge in [-0.2, -0.15) is 0 Å². The van der Waals surface area contributed by atoms with E-state index in [1.165, 1.54) is 7.11 Å². The van der Waals surface area contributed by atoms with E-state index in [0.29, 0.717) is 6.61 Å². The van der Waals surface area contributed by atoms with Crippen LogP contribution < -0.4 is 0 Å². The zero-order chi connectivity index (χ0) is 21.8. The van der Waals surface area contributed by atoms with E-state index in [4.69, 9.17) is 14.1 Å². The summed E-state index contributed by atoms with van der Waals surface area (Å²) in [6.45, 7) is 4.39. The lowest BCUT2D eigenvalue weighted by Crippen LogP contribution is -2.47. The number of unbranched alkanes of at least 4 members (excludes halogenated alkanes) is 1. The van der Waals surface area contributed by atoms with E-state index in [-0.39, 0.29) is 44.1 Å². The molecule has 1 aromatic carbocycles. The molecule has 0 spiro atoms. The van der Waals surface area contributed by atoms with Gasteiger partial charge in [-0.3, -0.25) is 14.5 Å². The largest absolute Gasteiger partial charge is 0.531 e. The van der Waals surface area contributed by atoms with E-state index in [1.807, 2.05) is 54.1 Å². The Morgan fingerprint density at radius 2 is 1.90 bits per heavy atom. The van der Waals surface area contributed by atoms with E-state index >= 15 is 0 Å². The smallest absolute Gasteiger partial charge is 0.384 e. The molecule has 0 N–H and O–H groups in total. The maximum absolute atomic E-state index is 12.6. The van der Waals surface area contributed by atoms with E-state index in [9.17, 15) is 9.59 Å². The first-order valence-electron chi connectivity index (χ1n) is 10.9. The number of esters is 1. The summed E-state index contributed by atoms with van der Waals surface area (Å²) in [4.78, 5) is 26.4. The number of ether oxygens (including phenoxy) is 2. The van der Waals surface area contributed by atoms with Gasteiger partial charge in [0.25, 0.3) is 0 Å². The van der Waals surface area contributed by atoms with Crippen molar-refractivity contribution in [3.63, 3.8) is 0 Å². The molecule has 0 bridgehead atoms. The molecule has 0 heterocycles. The molecule has 0 amide bonds. The molecule has 1 aliphatic carbocycles. The third kappa shape index (κ3) is 8.32. The minimum atomic E-state index is -0.363. The van der Waals surface area contributed by atoms with Crippen LogP contribution in [0.2, 0.25) is 6.82 Å². The summed E-state index contributed by atoms with van der Waals surface area (Å²) in [6.07, 6.45) is 6.90. The van der Waals surface area contributed by atoms with Crippen molar-refractivity contribution < 1.29 is 23.7 Å². The van der Waals surface area contributed by atoms with E-state index in [0.717, 1.165) is 37.7 Å². The highest BCUT2D eigenvalue weighted by molar-refractivity contribution is 6.58. The van der Waals surface area contributed by atoms with Crippen LogP contribution in [0.4, 0.5) is 0 Å². The lowest BCUT2D eigenvalue weighted by molar-refractivity contribution is -0.145. The number of rotatable bonds is 12. The van der Waals surface area contributed by atoms with Crippen molar-refractivity contribution in [2.24, 2.45) is 0 Å². The lowest BCUT2D eigenvalue weighted by Gasteiger charge is -2.31. The van der Waals surface area contributed by atoms with Gasteiger partial charge in [-0.05, 0) is 38.1 Å². The van der Waals surface area contributed by atoms with Crippen molar-refractivity contribution in [3.05, 3.63) is 41.9 Å². The summed E-state index contributed by atoms with van der Waals surface area (Å²) in [6, 6.07) is 9.87. The Morgan fingerprint density at radius 3 is 2.60 bits per heavy atom. The molecule has 2 rings (SSSR count). The molecule has 164 valence electrons. The summed E-state index contributed by atoms with van der Waals surface area (Å²) in [5, 5.41) is 0. The van der Waals surface area contributed by atoms with Crippen LogP contribution in [0.3, 0.4) is 0 Å². The first kappa shape index (κ1) is 24.2. The average Bonchev–Trinajstić information content (AvgIpc) is 3.21. The number of carbonyl (C=O) groups excluding carboxylic acids is 2. The van der Waals surface area contributed by atoms with Crippen LogP contribution in [-0.2, 0) is 23.7 Å². The number of methoxy groups -OCH3 is 1. The molecule has 0 saturated heterocycles. The SMILES string of the molecule is CCCCO[C@@H]1CCC[C@H]1N(CC(=O)OC)CC(=O)OB(C)/C=C/c1ccccc1. The topological polar surface area (TPSA) is 65.1 Å². The lowest BCUT2D eigenvalue weighted by atomic mass is 9.71. The van der Waals surface area contributed by atoms with Gasteiger partial charge in [0.05, 0.1) is 26.3 Å². The summed E-state index contributed by atoms with van der Waals surface area (Å²) >= 11 is 0. The number of nitrogens with zero attached hydrogens (tertiary/aromatic N) is 1. The zero-order valence-electron chi connectivity index (χ0n) is 18.4. The number of hydrogen-bond donors (Lipinski definition) is 0. The molecule has 1 fully saturated rings. The minimum Gasteiger partial charge on any atom is -0.531 e. The molecule has 30 heavy (non-hydrogen) atoms. The number of benzene rings is 1. The van der Waals surface area contributed by atoms with Crippen molar-refractivity contribution >= 4 is 24.9 Å². The highest BCUT2D eigenvalue weighted by Gasteiger charge is 2.35. The van der Waals surface area contributed by atoms with Gasteiger partial charge in [0.1, 0.15) is 0 Å². The van der Waals surface area contributed by atoms with Crippen molar-refractivity contribution in [1.82, 2.24) is 4.90 Å². The van der Waals surface area contributed by atoms with E-state index in [2.05, 4.69) is 6.92 Å². The molecule has 0 aromatic heterocycles. The molecule has 1 saturated carbocycles. The Kier molecular flexibility index (Phi) is 10.7. The monoisotopic (exact) mass is 415 g/mol. The van der Waals surface area contributed by atoms with Crippen molar-refractivity contribution in [2.75, 3.05) is 26.8 Å². The standard InChI is InChI=1S/C23H34BNO5/c1-4-5-16-29-21-13-9-12-20(21)25(17-22(26)28-3)18-23(27)30-24(2)15-14-19-10-7-6-8-11-19/h6-8,10-11,14-15,20-21H,4-5,9,12-13,16-18H2,1-3H3/b15-14+/t20-,21-/m1/s1. The van der Waals surface area contributed by atoms with Gasteiger partial charge in [0.15, 0.2) is 0 Å². The average molecular weight is 415 g/mol. The van der Waals surface area contributed by atoms with Gasteiger partial charge in [-0.1, -0.05) is 55.7 Å². The van der Waals surface area contributed by atoms with Gasteiger partial charge < -0.3 is 14.1 Å². The fourth-order valence-electron chi connectivity index (χ4n) is 3.68. The summed E-state index contributed by atoms with van der Waals surface area (Å²) < 4.78 is 16.4. The van der Waals surface area contributed by atoms with Crippen molar-refractivity contribution in [2.45, 2.75) is 58.0 Å². The highest BCUT2D eigenvalue weighted by Crippen LogP contribution is 2.27. The molecule has 0 radical (unpaired) electrons.